The van der Waals surface area contributed by atoms with Crippen LogP contribution in [0.5, 0.6) is 0 Å². The number of nitrogens with zero attached hydrogens (tertiary/aromatic N) is 1. The first-order chi connectivity index (χ1) is 7.40. The summed E-state index contributed by atoms with van der Waals surface area (Å²) in [4.78, 5) is 0. The van der Waals surface area contributed by atoms with E-state index in [0.717, 1.165) is 0 Å². The van der Waals surface area contributed by atoms with E-state index in [9.17, 15) is 0 Å². The Bertz CT molecular complexity index is 510. The number of rotatable bonds is 0. The lowest BCUT2D eigenvalue weighted by Gasteiger charge is -2.22. The minimum absolute atomic E-state index is 0.303. The van der Waals surface area contributed by atoms with Crippen LogP contribution in [0.4, 0.5) is 0 Å². The second-order valence-corrected chi connectivity index (χ2v) is 6.39. The van der Waals surface area contributed by atoms with Crippen LogP contribution in [-0.4, -0.2) is 4.40 Å². The first kappa shape index (κ1) is 9.95. The average Bonchev–Trinajstić information content (AvgIpc) is 2.66. The van der Waals surface area contributed by atoms with Crippen molar-refractivity contribution in [1.82, 2.24) is 4.40 Å². The monoisotopic (exact) mass is 213 g/mol. The van der Waals surface area contributed by atoms with Gasteiger partial charge in [-0.15, -0.1) is 0 Å². The molecule has 0 saturated carbocycles. The van der Waals surface area contributed by atoms with Crippen LogP contribution in [0.25, 0.3) is 5.52 Å². The zero-order valence-electron chi connectivity index (χ0n) is 10.5. The van der Waals surface area contributed by atoms with Gasteiger partial charge in [0.1, 0.15) is 0 Å². The molecule has 1 nitrogen and oxygen atoms in total. The highest BCUT2D eigenvalue weighted by Crippen LogP contribution is 2.49. The lowest BCUT2D eigenvalue weighted by Crippen LogP contribution is -2.18. The Morgan fingerprint density at radius 1 is 1.06 bits per heavy atom. The summed E-state index contributed by atoms with van der Waals surface area (Å²) in [5.74, 6) is 0. The van der Waals surface area contributed by atoms with Gasteiger partial charge in [0.05, 0.1) is 0 Å². The fraction of sp³-hybridized carbons (Fsp3) is 0.467. The molecule has 0 radical (unpaired) electrons. The molecular weight excluding hydrogens is 194 g/mol. The van der Waals surface area contributed by atoms with Gasteiger partial charge in [-0.05, 0) is 46.6 Å². The maximum atomic E-state index is 2.37. The van der Waals surface area contributed by atoms with Crippen molar-refractivity contribution in [1.29, 1.82) is 0 Å². The summed E-state index contributed by atoms with van der Waals surface area (Å²) in [6.45, 7) is 9.44. The predicted molar refractivity (Wildman–Crippen MR) is 68.1 cm³/mol. The van der Waals surface area contributed by atoms with Crippen LogP contribution < -0.4 is 0 Å². The van der Waals surface area contributed by atoms with Crippen LogP contribution in [-0.2, 0) is 10.8 Å². The summed E-state index contributed by atoms with van der Waals surface area (Å²) in [6.07, 6.45) is 5.69. The molecule has 3 rings (SSSR count). The van der Waals surface area contributed by atoms with E-state index in [1.807, 2.05) is 0 Å². The molecule has 1 heteroatoms. The Morgan fingerprint density at radius 3 is 2.50 bits per heavy atom. The van der Waals surface area contributed by atoms with Crippen LogP contribution in [0.3, 0.4) is 0 Å². The Kier molecular flexibility index (Phi) is 1.68. The lowest BCUT2D eigenvalue weighted by atomic mass is 9.82. The van der Waals surface area contributed by atoms with Crippen molar-refractivity contribution in [2.24, 2.45) is 0 Å². The summed E-state index contributed by atoms with van der Waals surface area (Å²) in [5, 5.41) is 0. The van der Waals surface area contributed by atoms with E-state index < -0.39 is 0 Å². The standard InChI is InChI=1S/C15H19N/c1-14(2)10-15(3,4)13-9-16-7-5-6-11(16)8-12(13)14/h5-9H,10H2,1-4H3. The zero-order valence-corrected chi connectivity index (χ0v) is 10.5. The smallest absolute Gasteiger partial charge is 0.0453 e. The van der Waals surface area contributed by atoms with Crippen LogP contribution in [0, 0.1) is 0 Å². The van der Waals surface area contributed by atoms with Crippen molar-refractivity contribution < 1.29 is 0 Å². The molecule has 0 spiro atoms. The molecule has 0 aromatic carbocycles. The molecule has 0 N–H and O–H groups in total. The highest BCUT2D eigenvalue weighted by atomic mass is 14.9. The van der Waals surface area contributed by atoms with Crippen molar-refractivity contribution in [3.05, 3.63) is 41.7 Å². The highest BCUT2D eigenvalue weighted by Gasteiger charge is 2.41. The van der Waals surface area contributed by atoms with Crippen molar-refractivity contribution >= 4 is 5.52 Å². The molecule has 2 heterocycles. The zero-order chi connectivity index (χ0) is 11.6. The molecule has 0 amide bonds. The average molecular weight is 213 g/mol. The fourth-order valence-corrected chi connectivity index (χ4v) is 3.48. The summed E-state index contributed by atoms with van der Waals surface area (Å²) in [7, 11) is 0. The largest absolute Gasteiger partial charge is 0.324 e. The van der Waals surface area contributed by atoms with Crippen LogP contribution in [0.1, 0.15) is 45.2 Å². The highest BCUT2D eigenvalue weighted by molar-refractivity contribution is 5.56. The Hall–Kier alpha value is -1.24. The maximum Gasteiger partial charge on any atom is 0.0453 e. The van der Waals surface area contributed by atoms with E-state index in [1.54, 1.807) is 0 Å². The molecule has 0 aliphatic heterocycles. The van der Waals surface area contributed by atoms with E-state index in [2.05, 4.69) is 62.7 Å². The van der Waals surface area contributed by atoms with Gasteiger partial charge in [0.25, 0.3) is 0 Å². The second-order valence-electron chi connectivity index (χ2n) is 6.39. The van der Waals surface area contributed by atoms with Crippen molar-refractivity contribution in [2.45, 2.75) is 44.9 Å². The molecule has 0 bridgehead atoms. The summed E-state index contributed by atoms with van der Waals surface area (Å²) >= 11 is 0. The Morgan fingerprint density at radius 2 is 1.75 bits per heavy atom. The normalized spacial score (nSPS) is 21.2. The molecule has 16 heavy (non-hydrogen) atoms. The van der Waals surface area contributed by atoms with Crippen molar-refractivity contribution in [3.8, 4) is 0 Å². The van der Waals surface area contributed by atoms with Gasteiger partial charge < -0.3 is 4.40 Å². The Balaban J connectivity index is 2.37. The molecule has 1 aliphatic rings. The van der Waals surface area contributed by atoms with E-state index in [4.69, 9.17) is 0 Å². The molecule has 2 aromatic rings. The third kappa shape index (κ3) is 1.17. The number of aromatic nitrogens is 1. The van der Waals surface area contributed by atoms with Gasteiger partial charge in [0.15, 0.2) is 0 Å². The summed E-state index contributed by atoms with van der Waals surface area (Å²) < 4.78 is 2.24. The third-order valence-corrected chi connectivity index (χ3v) is 4.00. The van der Waals surface area contributed by atoms with Gasteiger partial charge in [-0.1, -0.05) is 27.7 Å². The number of pyridine rings is 1. The quantitative estimate of drug-likeness (QED) is 0.625. The molecular formula is C15H19N. The van der Waals surface area contributed by atoms with Gasteiger partial charge >= 0.3 is 0 Å². The van der Waals surface area contributed by atoms with E-state index in [0.29, 0.717) is 10.8 Å². The summed E-state index contributed by atoms with van der Waals surface area (Å²) in [5.41, 5.74) is 4.97. The molecule has 2 aromatic heterocycles. The molecule has 0 fully saturated rings. The minimum Gasteiger partial charge on any atom is -0.324 e. The van der Waals surface area contributed by atoms with Gasteiger partial charge in [-0.25, -0.2) is 0 Å². The number of fused-ring (bicyclic) bond motifs is 2. The fourth-order valence-electron chi connectivity index (χ4n) is 3.48. The summed E-state index contributed by atoms with van der Waals surface area (Å²) in [6, 6.07) is 6.66. The third-order valence-electron chi connectivity index (χ3n) is 4.00. The lowest BCUT2D eigenvalue weighted by molar-refractivity contribution is 0.403. The molecule has 0 atom stereocenters. The van der Waals surface area contributed by atoms with Crippen LogP contribution in [0.2, 0.25) is 0 Å². The second kappa shape index (κ2) is 2.71. The van der Waals surface area contributed by atoms with E-state index in [1.165, 1.54) is 23.1 Å². The van der Waals surface area contributed by atoms with E-state index >= 15 is 0 Å². The topological polar surface area (TPSA) is 4.41 Å². The first-order valence-electron chi connectivity index (χ1n) is 6.02. The van der Waals surface area contributed by atoms with Gasteiger partial charge in [0, 0.05) is 17.9 Å². The van der Waals surface area contributed by atoms with Crippen molar-refractivity contribution in [3.63, 3.8) is 0 Å². The number of hydrogen-bond acceptors (Lipinski definition) is 0. The SMILES string of the molecule is CC1(C)CC(C)(C)c2cn3cccc3cc21. The van der Waals surface area contributed by atoms with Crippen molar-refractivity contribution in [2.75, 3.05) is 0 Å². The van der Waals surface area contributed by atoms with Crippen LogP contribution >= 0.6 is 0 Å². The molecule has 0 saturated heterocycles. The molecule has 0 unspecified atom stereocenters. The predicted octanol–water partition coefficient (Wildman–Crippen LogP) is 3.90. The van der Waals surface area contributed by atoms with Gasteiger partial charge in [-0.3, -0.25) is 0 Å². The van der Waals surface area contributed by atoms with Gasteiger partial charge in [0.2, 0.25) is 0 Å². The molecule has 1 aliphatic carbocycles. The van der Waals surface area contributed by atoms with E-state index in [-0.39, 0.29) is 0 Å². The van der Waals surface area contributed by atoms with Gasteiger partial charge in [-0.2, -0.15) is 0 Å². The maximum absolute atomic E-state index is 2.37. The number of hydrogen-bond donors (Lipinski definition) is 0. The first-order valence-corrected chi connectivity index (χ1v) is 6.02. The molecule has 84 valence electrons. The van der Waals surface area contributed by atoms with Crippen LogP contribution in [0.15, 0.2) is 30.6 Å². The Labute approximate surface area is 97.1 Å². The minimum atomic E-state index is 0.303.